The zero-order valence-electron chi connectivity index (χ0n) is 11.0. The third-order valence-corrected chi connectivity index (χ3v) is 3.85. The fraction of sp³-hybridized carbons (Fsp3) is 0.667. The molecule has 1 fully saturated rings. The van der Waals surface area contributed by atoms with Gasteiger partial charge in [-0.2, -0.15) is 0 Å². The second-order valence-corrected chi connectivity index (χ2v) is 5.22. The van der Waals surface area contributed by atoms with Crippen LogP contribution in [0.5, 0.6) is 0 Å². The molecule has 0 radical (unpaired) electrons. The molecule has 106 valence electrons. The van der Waals surface area contributed by atoms with Crippen molar-refractivity contribution in [2.24, 2.45) is 0 Å². The summed E-state index contributed by atoms with van der Waals surface area (Å²) in [4.78, 5) is 17.8. The van der Waals surface area contributed by atoms with Crippen LogP contribution in [0.2, 0.25) is 0 Å². The number of nitrogens with zero attached hydrogens (tertiary/aromatic N) is 2. The maximum absolute atomic E-state index is 11.6. The van der Waals surface area contributed by atoms with E-state index < -0.39 is 5.97 Å². The minimum absolute atomic E-state index is 0.0983. The van der Waals surface area contributed by atoms with Crippen LogP contribution < -0.4 is 4.90 Å². The molecule has 2 atom stereocenters. The Labute approximate surface area is 116 Å². The van der Waals surface area contributed by atoms with E-state index in [0.717, 1.165) is 5.13 Å². The summed E-state index contributed by atoms with van der Waals surface area (Å²) in [5.74, 6) is -0.409. The predicted molar refractivity (Wildman–Crippen MR) is 71.7 cm³/mol. The molecule has 7 heteroatoms. The van der Waals surface area contributed by atoms with Crippen molar-refractivity contribution in [2.45, 2.75) is 25.5 Å². The topological polar surface area (TPSA) is 71.9 Å². The van der Waals surface area contributed by atoms with Gasteiger partial charge in [0.05, 0.1) is 25.4 Å². The third-order valence-electron chi connectivity index (χ3n) is 2.97. The third kappa shape index (κ3) is 3.23. The first-order chi connectivity index (χ1) is 9.15. The Morgan fingerprint density at radius 3 is 3.16 bits per heavy atom. The van der Waals surface area contributed by atoms with Crippen LogP contribution in [0.1, 0.15) is 23.8 Å². The molecular weight excluding hydrogens is 268 g/mol. The second kappa shape index (κ2) is 6.31. The number of anilines is 1. The smallest absolute Gasteiger partial charge is 0.357 e. The van der Waals surface area contributed by atoms with Crippen molar-refractivity contribution >= 4 is 22.4 Å². The molecule has 1 aromatic heterocycles. The molecule has 6 nitrogen and oxygen atoms in total. The number of β-amino-alcohol motifs (C(OH)–C–C–N with tert-alkyl or cyclic N) is 1. The Kier molecular flexibility index (Phi) is 4.73. The number of hydrogen-bond acceptors (Lipinski definition) is 7. The summed E-state index contributed by atoms with van der Waals surface area (Å²) in [6, 6.07) is 0.0983. The summed E-state index contributed by atoms with van der Waals surface area (Å²) < 4.78 is 10.1. The Morgan fingerprint density at radius 1 is 1.68 bits per heavy atom. The minimum Gasteiger partial charge on any atom is -0.461 e. The summed E-state index contributed by atoms with van der Waals surface area (Å²) in [5, 5.41) is 12.2. The van der Waals surface area contributed by atoms with E-state index in [-0.39, 0.29) is 12.1 Å². The van der Waals surface area contributed by atoms with Crippen LogP contribution in [0.15, 0.2) is 5.38 Å². The van der Waals surface area contributed by atoms with Crippen LogP contribution in [-0.4, -0.2) is 55.1 Å². The van der Waals surface area contributed by atoms with Gasteiger partial charge in [-0.3, -0.25) is 0 Å². The molecule has 1 aliphatic rings. The molecule has 1 saturated heterocycles. The second-order valence-electron chi connectivity index (χ2n) is 4.39. The number of carbonyl (C=O) groups excluding carboxylic acids is 1. The summed E-state index contributed by atoms with van der Waals surface area (Å²) in [7, 11) is 1.63. The highest BCUT2D eigenvalue weighted by atomic mass is 32.1. The first kappa shape index (κ1) is 14.2. The molecule has 1 aromatic rings. The molecule has 1 aliphatic heterocycles. The molecule has 0 unspecified atom stereocenters. The minimum atomic E-state index is -0.409. The van der Waals surface area contributed by atoms with E-state index in [1.54, 1.807) is 19.4 Å². The van der Waals surface area contributed by atoms with E-state index in [1.165, 1.54) is 11.3 Å². The highest BCUT2D eigenvalue weighted by molar-refractivity contribution is 7.13. The normalized spacial score (nSPS) is 22.8. The number of aromatic nitrogens is 1. The zero-order chi connectivity index (χ0) is 13.8. The maximum Gasteiger partial charge on any atom is 0.357 e. The standard InChI is InChI=1S/C12H18N2O4S/c1-3-18-11(16)10-7-19-12(13-10)14-5-9(15)4-8(14)6-17-2/h7-9,15H,3-6H2,1-2H3/t8-,9-/m1/s1. The lowest BCUT2D eigenvalue weighted by Crippen LogP contribution is -2.33. The van der Waals surface area contributed by atoms with Gasteiger partial charge in [0.1, 0.15) is 0 Å². The molecular formula is C12H18N2O4S. The summed E-state index contributed by atoms with van der Waals surface area (Å²) in [6.07, 6.45) is 0.275. The average Bonchev–Trinajstić information content (AvgIpc) is 2.96. The molecule has 0 aliphatic carbocycles. The van der Waals surface area contributed by atoms with Crippen molar-refractivity contribution in [1.29, 1.82) is 0 Å². The number of aliphatic hydroxyl groups is 1. The molecule has 2 rings (SSSR count). The Balaban J connectivity index is 2.10. The Bertz CT molecular complexity index is 437. The Hall–Kier alpha value is -1.18. The van der Waals surface area contributed by atoms with Gasteiger partial charge in [-0.05, 0) is 13.3 Å². The molecule has 0 spiro atoms. The summed E-state index contributed by atoms with van der Waals surface area (Å²) in [5.41, 5.74) is 0.319. The van der Waals surface area contributed by atoms with E-state index in [4.69, 9.17) is 9.47 Å². The summed E-state index contributed by atoms with van der Waals surface area (Å²) >= 11 is 1.38. The number of thiazole rings is 1. The van der Waals surface area contributed by atoms with Crippen LogP contribution in [0.4, 0.5) is 5.13 Å². The van der Waals surface area contributed by atoms with Crippen LogP contribution in [0.25, 0.3) is 0 Å². The van der Waals surface area contributed by atoms with Crippen LogP contribution >= 0.6 is 11.3 Å². The van der Waals surface area contributed by atoms with Crippen LogP contribution in [0, 0.1) is 0 Å². The number of rotatable bonds is 5. The van der Waals surface area contributed by atoms with Gasteiger partial charge < -0.3 is 19.5 Å². The van der Waals surface area contributed by atoms with Gasteiger partial charge in [0.2, 0.25) is 0 Å². The van der Waals surface area contributed by atoms with Crippen molar-refractivity contribution in [3.05, 3.63) is 11.1 Å². The maximum atomic E-state index is 11.6. The fourth-order valence-electron chi connectivity index (χ4n) is 2.17. The monoisotopic (exact) mass is 286 g/mol. The van der Waals surface area contributed by atoms with Crippen molar-refractivity contribution < 1.29 is 19.4 Å². The quantitative estimate of drug-likeness (QED) is 0.811. The molecule has 19 heavy (non-hydrogen) atoms. The Morgan fingerprint density at radius 2 is 2.47 bits per heavy atom. The van der Waals surface area contributed by atoms with Crippen molar-refractivity contribution in [1.82, 2.24) is 4.98 Å². The summed E-state index contributed by atoms with van der Waals surface area (Å²) in [6.45, 7) is 3.15. The molecule has 2 heterocycles. The predicted octanol–water partition coefficient (Wildman–Crippen LogP) is 0.906. The SMILES string of the molecule is CCOC(=O)c1csc(N2C[C@H](O)C[C@@H]2COC)n1. The fourth-order valence-corrected chi connectivity index (χ4v) is 3.05. The number of methoxy groups -OCH3 is 1. The lowest BCUT2D eigenvalue weighted by molar-refractivity contribution is 0.0520. The molecule has 1 N–H and O–H groups in total. The first-order valence-electron chi connectivity index (χ1n) is 6.22. The first-order valence-corrected chi connectivity index (χ1v) is 7.10. The van der Waals surface area contributed by atoms with Gasteiger partial charge in [-0.25, -0.2) is 9.78 Å². The molecule has 0 saturated carbocycles. The number of carbonyl (C=O) groups is 1. The highest BCUT2D eigenvalue weighted by Crippen LogP contribution is 2.29. The van der Waals surface area contributed by atoms with Gasteiger partial charge >= 0.3 is 5.97 Å². The van der Waals surface area contributed by atoms with E-state index in [2.05, 4.69) is 4.98 Å². The largest absolute Gasteiger partial charge is 0.461 e. The van der Waals surface area contributed by atoms with Crippen LogP contribution in [0.3, 0.4) is 0 Å². The van der Waals surface area contributed by atoms with Gasteiger partial charge in [-0.1, -0.05) is 0 Å². The van der Waals surface area contributed by atoms with E-state index in [1.807, 2.05) is 4.90 Å². The van der Waals surface area contributed by atoms with E-state index in [9.17, 15) is 9.90 Å². The number of ether oxygens (including phenoxy) is 2. The van der Waals surface area contributed by atoms with Gasteiger partial charge in [-0.15, -0.1) is 11.3 Å². The van der Waals surface area contributed by atoms with Gasteiger partial charge in [0.25, 0.3) is 0 Å². The van der Waals surface area contributed by atoms with E-state index >= 15 is 0 Å². The average molecular weight is 286 g/mol. The van der Waals surface area contributed by atoms with Gasteiger partial charge in [0, 0.05) is 19.0 Å². The molecule has 0 amide bonds. The zero-order valence-corrected chi connectivity index (χ0v) is 11.9. The van der Waals surface area contributed by atoms with Crippen molar-refractivity contribution in [3.8, 4) is 0 Å². The van der Waals surface area contributed by atoms with Gasteiger partial charge in [0.15, 0.2) is 10.8 Å². The van der Waals surface area contributed by atoms with Crippen molar-refractivity contribution in [3.63, 3.8) is 0 Å². The molecule has 0 bridgehead atoms. The lowest BCUT2D eigenvalue weighted by Gasteiger charge is -2.22. The molecule has 0 aromatic carbocycles. The number of hydrogen-bond donors (Lipinski definition) is 1. The van der Waals surface area contributed by atoms with Crippen LogP contribution in [-0.2, 0) is 9.47 Å². The van der Waals surface area contributed by atoms with E-state index in [0.29, 0.717) is 31.9 Å². The number of aliphatic hydroxyl groups excluding tert-OH is 1. The van der Waals surface area contributed by atoms with Crippen molar-refractivity contribution in [2.75, 3.05) is 31.8 Å². The lowest BCUT2D eigenvalue weighted by atomic mass is 10.2. The highest BCUT2D eigenvalue weighted by Gasteiger charge is 2.33. The number of esters is 1.